The van der Waals surface area contributed by atoms with Crippen LogP contribution in [-0.2, 0) is 16.4 Å². The number of β-amino-alcohol motifs (C(OH)–C–C–N with tert-alkyl or cyclic N) is 1. The molecule has 0 saturated carbocycles. The largest absolute Gasteiger partial charge is 0.390 e. The van der Waals surface area contributed by atoms with Crippen molar-refractivity contribution < 1.29 is 13.5 Å². The Labute approximate surface area is 126 Å². The Balaban J connectivity index is 1.68. The SMILES string of the molecule is CN1C[C@H](O)[C@]2(CCN(CCc3ccccc3)C2)S1(=O)=O. The summed E-state index contributed by atoms with van der Waals surface area (Å²) < 4.78 is 25.3. The molecule has 6 heteroatoms. The monoisotopic (exact) mass is 310 g/mol. The highest BCUT2D eigenvalue weighted by atomic mass is 32.2. The topological polar surface area (TPSA) is 60.9 Å². The zero-order valence-electron chi connectivity index (χ0n) is 12.3. The second kappa shape index (κ2) is 5.35. The fourth-order valence-corrected chi connectivity index (χ4v) is 5.55. The van der Waals surface area contributed by atoms with E-state index in [1.165, 1.54) is 9.87 Å². The summed E-state index contributed by atoms with van der Waals surface area (Å²) in [6, 6.07) is 10.2. The molecule has 116 valence electrons. The van der Waals surface area contributed by atoms with Crippen molar-refractivity contribution in [3.63, 3.8) is 0 Å². The highest BCUT2D eigenvalue weighted by Gasteiger charge is 2.60. The second-order valence-corrected chi connectivity index (χ2v) is 8.51. The van der Waals surface area contributed by atoms with Crippen LogP contribution in [0.5, 0.6) is 0 Å². The molecule has 2 aliphatic heterocycles. The minimum atomic E-state index is -3.39. The van der Waals surface area contributed by atoms with Crippen LogP contribution in [0.1, 0.15) is 12.0 Å². The fraction of sp³-hybridized carbons (Fsp3) is 0.600. The smallest absolute Gasteiger partial charge is 0.223 e. The molecule has 21 heavy (non-hydrogen) atoms. The third kappa shape index (κ3) is 2.40. The number of rotatable bonds is 3. The molecule has 0 radical (unpaired) electrons. The van der Waals surface area contributed by atoms with Gasteiger partial charge in [0, 0.05) is 26.7 Å². The summed E-state index contributed by atoms with van der Waals surface area (Å²) in [5, 5.41) is 10.2. The molecule has 0 aliphatic carbocycles. The summed E-state index contributed by atoms with van der Waals surface area (Å²) in [5.41, 5.74) is 1.25. The van der Waals surface area contributed by atoms with E-state index in [9.17, 15) is 13.5 Å². The third-order valence-corrected chi connectivity index (χ3v) is 7.47. The number of nitrogens with zero attached hydrogens (tertiary/aromatic N) is 2. The maximum atomic E-state index is 12.5. The van der Waals surface area contributed by atoms with Gasteiger partial charge >= 0.3 is 0 Å². The van der Waals surface area contributed by atoms with Crippen LogP contribution in [0.25, 0.3) is 0 Å². The van der Waals surface area contributed by atoms with E-state index in [-0.39, 0.29) is 6.54 Å². The van der Waals surface area contributed by atoms with Gasteiger partial charge in [-0.05, 0) is 24.9 Å². The van der Waals surface area contributed by atoms with Crippen LogP contribution in [0, 0.1) is 0 Å². The first-order chi connectivity index (χ1) is 9.96. The molecule has 1 N–H and O–H groups in total. The number of likely N-dealkylation sites (tertiary alicyclic amines) is 1. The van der Waals surface area contributed by atoms with E-state index in [1.807, 2.05) is 18.2 Å². The van der Waals surface area contributed by atoms with Crippen LogP contribution in [0.2, 0.25) is 0 Å². The molecule has 2 heterocycles. The van der Waals surface area contributed by atoms with E-state index >= 15 is 0 Å². The van der Waals surface area contributed by atoms with E-state index in [0.717, 1.165) is 19.5 Å². The standard InChI is InChI=1S/C15H22N2O3S/c1-16-11-14(18)15(21(16,19)20)8-10-17(12-15)9-7-13-5-3-2-4-6-13/h2-6,14,18H,7-12H2,1H3/t14-,15+/m0/s1. The van der Waals surface area contributed by atoms with Gasteiger partial charge < -0.3 is 10.0 Å². The van der Waals surface area contributed by atoms with Crippen LogP contribution >= 0.6 is 0 Å². The summed E-state index contributed by atoms with van der Waals surface area (Å²) in [7, 11) is -1.83. The molecule has 1 aromatic carbocycles. The predicted molar refractivity (Wildman–Crippen MR) is 81.5 cm³/mol. The number of benzene rings is 1. The quantitative estimate of drug-likeness (QED) is 0.873. The predicted octanol–water partition coefficient (Wildman–Crippen LogP) is 0.310. The van der Waals surface area contributed by atoms with Gasteiger partial charge in [-0.15, -0.1) is 0 Å². The van der Waals surface area contributed by atoms with Crippen molar-refractivity contribution in [3.8, 4) is 0 Å². The van der Waals surface area contributed by atoms with Gasteiger partial charge in [-0.2, -0.15) is 0 Å². The highest BCUT2D eigenvalue weighted by Crippen LogP contribution is 2.40. The molecule has 1 aromatic rings. The lowest BCUT2D eigenvalue weighted by molar-refractivity contribution is 0.131. The Morgan fingerprint density at radius 3 is 2.67 bits per heavy atom. The molecule has 0 bridgehead atoms. The third-order valence-electron chi connectivity index (χ3n) is 4.86. The first-order valence-corrected chi connectivity index (χ1v) is 8.80. The van der Waals surface area contributed by atoms with Crippen molar-refractivity contribution in [1.29, 1.82) is 0 Å². The average molecular weight is 310 g/mol. The maximum Gasteiger partial charge on any atom is 0.223 e. The molecule has 3 rings (SSSR count). The molecule has 2 atom stereocenters. The van der Waals surface area contributed by atoms with E-state index in [2.05, 4.69) is 17.0 Å². The van der Waals surface area contributed by atoms with Crippen LogP contribution in [0.3, 0.4) is 0 Å². The summed E-state index contributed by atoms with van der Waals surface area (Å²) in [6.45, 7) is 2.22. The summed E-state index contributed by atoms with van der Waals surface area (Å²) in [4.78, 5) is 2.16. The van der Waals surface area contributed by atoms with Gasteiger partial charge in [-0.1, -0.05) is 30.3 Å². The lowest BCUT2D eigenvalue weighted by atomic mass is 10.0. The normalized spacial score (nSPS) is 33.0. The summed E-state index contributed by atoms with van der Waals surface area (Å²) in [6.07, 6.45) is 0.646. The molecular formula is C15H22N2O3S. The lowest BCUT2D eigenvalue weighted by Crippen LogP contribution is -2.47. The molecule has 0 amide bonds. The molecular weight excluding hydrogens is 288 g/mol. The highest BCUT2D eigenvalue weighted by molar-refractivity contribution is 7.90. The number of hydrogen-bond donors (Lipinski definition) is 1. The Bertz CT molecular complexity index is 605. The Morgan fingerprint density at radius 1 is 1.33 bits per heavy atom. The number of sulfonamides is 1. The molecule has 2 fully saturated rings. The van der Waals surface area contributed by atoms with Crippen LogP contribution in [0.4, 0.5) is 0 Å². The van der Waals surface area contributed by atoms with Crippen LogP contribution < -0.4 is 0 Å². The zero-order chi connectivity index (χ0) is 15.1. The van der Waals surface area contributed by atoms with Crippen molar-refractivity contribution in [2.45, 2.75) is 23.7 Å². The first kappa shape index (κ1) is 15.0. The van der Waals surface area contributed by atoms with Crippen LogP contribution in [-0.4, -0.2) is 66.8 Å². The number of hydrogen-bond acceptors (Lipinski definition) is 4. The molecule has 1 spiro atoms. The maximum absolute atomic E-state index is 12.5. The molecule has 5 nitrogen and oxygen atoms in total. The van der Waals surface area contributed by atoms with Gasteiger partial charge in [0.05, 0.1) is 6.10 Å². The van der Waals surface area contributed by atoms with Crippen molar-refractivity contribution in [2.75, 3.05) is 33.2 Å². The zero-order valence-corrected chi connectivity index (χ0v) is 13.1. The fourth-order valence-electron chi connectivity index (χ4n) is 3.48. The van der Waals surface area contributed by atoms with Crippen molar-refractivity contribution >= 4 is 10.0 Å². The van der Waals surface area contributed by atoms with Gasteiger partial charge in [0.2, 0.25) is 10.0 Å². The Hall–Kier alpha value is -0.950. The van der Waals surface area contributed by atoms with Crippen molar-refractivity contribution in [2.24, 2.45) is 0 Å². The van der Waals surface area contributed by atoms with E-state index in [4.69, 9.17) is 0 Å². The number of aliphatic hydroxyl groups excluding tert-OH is 1. The lowest BCUT2D eigenvalue weighted by Gasteiger charge is -2.26. The average Bonchev–Trinajstić information content (AvgIpc) is 2.97. The van der Waals surface area contributed by atoms with Crippen molar-refractivity contribution in [1.82, 2.24) is 9.21 Å². The van der Waals surface area contributed by atoms with Crippen LogP contribution in [0.15, 0.2) is 30.3 Å². The number of likely N-dealkylation sites (N-methyl/N-ethyl adjacent to an activating group) is 1. The Kier molecular flexibility index (Phi) is 3.81. The summed E-state index contributed by atoms with van der Waals surface area (Å²) in [5.74, 6) is 0. The van der Waals surface area contributed by atoms with Gasteiger partial charge in [0.25, 0.3) is 0 Å². The van der Waals surface area contributed by atoms with E-state index < -0.39 is 20.9 Å². The van der Waals surface area contributed by atoms with E-state index in [0.29, 0.717) is 13.0 Å². The minimum Gasteiger partial charge on any atom is -0.390 e. The minimum absolute atomic E-state index is 0.217. The van der Waals surface area contributed by atoms with Gasteiger partial charge in [0.15, 0.2) is 0 Å². The summed E-state index contributed by atoms with van der Waals surface area (Å²) >= 11 is 0. The van der Waals surface area contributed by atoms with Gasteiger partial charge in [0.1, 0.15) is 4.75 Å². The Morgan fingerprint density at radius 2 is 2.05 bits per heavy atom. The van der Waals surface area contributed by atoms with E-state index in [1.54, 1.807) is 7.05 Å². The number of aliphatic hydroxyl groups is 1. The second-order valence-electron chi connectivity index (χ2n) is 6.13. The van der Waals surface area contributed by atoms with Gasteiger partial charge in [-0.3, -0.25) is 0 Å². The molecule has 0 aromatic heterocycles. The first-order valence-electron chi connectivity index (χ1n) is 7.36. The molecule has 0 unspecified atom stereocenters. The molecule has 2 aliphatic rings. The van der Waals surface area contributed by atoms with Crippen molar-refractivity contribution in [3.05, 3.63) is 35.9 Å². The van der Waals surface area contributed by atoms with Gasteiger partial charge in [-0.25, -0.2) is 12.7 Å². The molecule has 2 saturated heterocycles.